The lowest BCUT2D eigenvalue weighted by Gasteiger charge is -2.10. The summed E-state index contributed by atoms with van der Waals surface area (Å²) in [6.45, 7) is 0. The van der Waals surface area contributed by atoms with E-state index >= 15 is 0 Å². The maximum absolute atomic E-state index is 6.04. The molecule has 0 spiro atoms. The second-order valence-electron chi connectivity index (χ2n) is 3.19. The first kappa shape index (κ1) is 11.0. The van der Waals surface area contributed by atoms with Crippen molar-refractivity contribution in [2.24, 2.45) is 0 Å². The molecule has 0 aliphatic heterocycles. The predicted molar refractivity (Wildman–Crippen MR) is 68.4 cm³/mol. The molecule has 1 heterocycles. The number of nitrogens with two attached hydrogens (primary N) is 1. The summed E-state index contributed by atoms with van der Waals surface area (Å²) in [6.07, 6.45) is 3.22. The van der Waals surface area contributed by atoms with Gasteiger partial charge in [-0.1, -0.05) is 29.3 Å². The van der Waals surface area contributed by atoms with E-state index in [1.54, 1.807) is 24.5 Å². The van der Waals surface area contributed by atoms with E-state index in [1.807, 2.05) is 12.1 Å². The quantitative estimate of drug-likeness (QED) is 0.858. The molecule has 0 aliphatic carbocycles. The van der Waals surface area contributed by atoms with Crippen molar-refractivity contribution in [1.82, 2.24) is 4.98 Å². The third-order valence-electron chi connectivity index (χ3n) is 2.07. The number of rotatable bonds is 2. The van der Waals surface area contributed by atoms with Gasteiger partial charge in [0.15, 0.2) is 0 Å². The van der Waals surface area contributed by atoms with Gasteiger partial charge in [-0.05, 0) is 18.2 Å². The largest absolute Gasteiger partial charge is 0.396 e. The average molecular weight is 254 g/mol. The highest BCUT2D eigenvalue weighted by Crippen LogP contribution is 2.32. The Balaban J connectivity index is 2.35. The van der Waals surface area contributed by atoms with Gasteiger partial charge in [-0.3, -0.25) is 4.98 Å². The van der Waals surface area contributed by atoms with Crippen molar-refractivity contribution in [3.63, 3.8) is 0 Å². The fourth-order valence-corrected chi connectivity index (χ4v) is 1.61. The highest BCUT2D eigenvalue weighted by molar-refractivity contribution is 6.43. The summed E-state index contributed by atoms with van der Waals surface area (Å²) in [7, 11) is 0. The zero-order valence-electron chi connectivity index (χ0n) is 8.24. The maximum Gasteiger partial charge on any atom is 0.0827 e. The smallest absolute Gasteiger partial charge is 0.0827 e. The molecule has 0 radical (unpaired) electrons. The van der Waals surface area contributed by atoms with Crippen LogP contribution in [0.4, 0.5) is 17.1 Å². The molecule has 1 aromatic heterocycles. The number of pyridine rings is 1. The van der Waals surface area contributed by atoms with Crippen LogP contribution in [0.3, 0.4) is 0 Å². The Morgan fingerprint density at radius 1 is 1.12 bits per heavy atom. The second-order valence-corrected chi connectivity index (χ2v) is 3.97. The van der Waals surface area contributed by atoms with Gasteiger partial charge in [0.1, 0.15) is 0 Å². The molecule has 0 fully saturated rings. The van der Waals surface area contributed by atoms with Crippen LogP contribution in [0.5, 0.6) is 0 Å². The lowest BCUT2D eigenvalue weighted by Crippen LogP contribution is -1.97. The minimum atomic E-state index is 0.473. The Morgan fingerprint density at radius 2 is 1.94 bits per heavy atom. The molecule has 0 atom stereocenters. The van der Waals surface area contributed by atoms with Gasteiger partial charge >= 0.3 is 0 Å². The summed E-state index contributed by atoms with van der Waals surface area (Å²) in [5, 5.41) is 4.07. The van der Waals surface area contributed by atoms with Crippen LogP contribution in [0.15, 0.2) is 36.7 Å². The van der Waals surface area contributed by atoms with Crippen molar-refractivity contribution in [2.75, 3.05) is 11.1 Å². The Hall–Kier alpha value is -1.45. The molecule has 0 bridgehead atoms. The van der Waals surface area contributed by atoms with E-state index < -0.39 is 0 Å². The number of anilines is 3. The molecule has 5 heteroatoms. The van der Waals surface area contributed by atoms with Crippen molar-refractivity contribution < 1.29 is 0 Å². The molecule has 0 saturated carbocycles. The van der Waals surface area contributed by atoms with Gasteiger partial charge in [0, 0.05) is 6.20 Å². The van der Waals surface area contributed by atoms with Crippen molar-refractivity contribution in [3.05, 3.63) is 46.7 Å². The van der Waals surface area contributed by atoms with Crippen molar-refractivity contribution >= 4 is 40.3 Å². The van der Waals surface area contributed by atoms with Gasteiger partial charge in [0.05, 0.1) is 33.3 Å². The second kappa shape index (κ2) is 4.60. The number of aromatic nitrogens is 1. The minimum Gasteiger partial charge on any atom is -0.396 e. The summed E-state index contributed by atoms with van der Waals surface area (Å²) in [6, 6.07) is 7.14. The van der Waals surface area contributed by atoms with Gasteiger partial charge < -0.3 is 11.1 Å². The van der Waals surface area contributed by atoms with Gasteiger partial charge in [-0.2, -0.15) is 0 Å². The van der Waals surface area contributed by atoms with Crippen LogP contribution in [-0.2, 0) is 0 Å². The van der Waals surface area contributed by atoms with E-state index in [9.17, 15) is 0 Å². The number of hydrogen-bond acceptors (Lipinski definition) is 3. The normalized spacial score (nSPS) is 10.1. The first-order valence-electron chi connectivity index (χ1n) is 4.59. The Labute approximate surface area is 103 Å². The minimum absolute atomic E-state index is 0.473. The number of hydrogen-bond donors (Lipinski definition) is 2. The molecule has 16 heavy (non-hydrogen) atoms. The molecular formula is C11H9Cl2N3. The third-order valence-corrected chi connectivity index (χ3v) is 2.89. The van der Waals surface area contributed by atoms with E-state index in [4.69, 9.17) is 28.9 Å². The molecule has 1 aromatic carbocycles. The van der Waals surface area contributed by atoms with Crippen molar-refractivity contribution in [2.45, 2.75) is 0 Å². The molecule has 0 saturated heterocycles. The lowest BCUT2D eigenvalue weighted by atomic mass is 10.3. The monoisotopic (exact) mass is 253 g/mol. The summed E-state index contributed by atoms with van der Waals surface area (Å²) in [4.78, 5) is 3.90. The van der Waals surface area contributed by atoms with E-state index in [-0.39, 0.29) is 0 Å². The number of halogens is 2. The average Bonchev–Trinajstić information content (AvgIpc) is 2.28. The first-order chi connectivity index (χ1) is 7.68. The van der Waals surface area contributed by atoms with E-state index in [0.717, 1.165) is 5.69 Å². The van der Waals surface area contributed by atoms with Gasteiger partial charge in [-0.25, -0.2) is 0 Å². The van der Waals surface area contributed by atoms with Crippen molar-refractivity contribution in [1.29, 1.82) is 0 Å². The van der Waals surface area contributed by atoms with Crippen molar-refractivity contribution in [3.8, 4) is 0 Å². The molecule has 3 N–H and O–H groups in total. The fourth-order valence-electron chi connectivity index (χ4n) is 1.27. The fraction of sp³-hybridized carbons (Fsp3) is 0. The van der Waals surface area contributed by atoms with Crippen LogP contribution < -0.4 is 11.1 Å². The molecule has 2 rings (SSSR count). The highest BCUT2D eigenvalue weighted by atomic mass is 35.5. The summed E-state index contributed by atoms with van der Waals surface area (Å²) >= 11 is 11.9. The zero-order valence-corrected chi connectivity index (χ0v) is 9.76. The number of benzene rings is 1. The van der Waals surface area contributed by atoms with E-state index in [2.05, 4.69) is 10.3 Å². The summed E-state index contributed by atoms with van der Waals surface area (Å²) < 4.78 is 0. The third kappa shape index (κ3) is 2.21. The van der Waals surface area contributed by atoms with Crippen LogP contribution in [-0.4, -0.2) is 4.98 Å². The molecule has 82 valence electrons. The van der Waals surface area contributed by atoms with Crippen LogP contribution in [0.25, 0.3) is 0 Å². The molecule has 0 unspecified atom stereocenters. The van der Waals surface area contributed by atoms with Crippen LogP contribution in [0.2, 0.25) is 10.0 Å². The Bertz CT molecular complexity index is 514. The van der Waals surface area contributed by atoms with Gasteiger partial charge in [-0.15, -0.1) is 0 Å². The zero-order chi connectivity index (χ0) is 11.5. The number of nitrogens with one attached hydrogen (secondary N) is 1. The SMILES string of the molecule is Nc1cnccc1Nc1cccc(Cl)c1Cl. The van der Waals surface area contributed by atoms with Gasteiger partial charge in [0.2, 0.25) is 0 Å². The molecule has 3 nitrogen and oxygen atoms in total. The Kier molecular flexibility index (Phi) is 3.17. The molecule has 2 aromatic rings. The first-order valence-corrected chi connectivity index (χ1v) is 5.34. The summed E-state index contributed by atoms with van der Waals surface area (Å²) in [5.41, 5.74) is 7.77. The standard InChI is InChI=1S/C11H9Cl2N3/c12-7-2-1-3-10(11(7)13)16-9-4-5-15-6-8(9)14/h1-6H,14H2,(H,15,16). The van der Waals surface area contributed by atoms with Gasteiger partial charge in [0.25, 0.3) is 0 Å². The van der Waals surface area contributed by atoms with Crippen LogP contribution in [0, 0.1) is 0 Å². The predicted octanol–water partition coefficient (Wildman–Crippen LogP) is 3.71. The topological polar surface area (TPSA) is 50.9 Å². The maximum atomic E-state index is 6.04. The van der Waals surface area contributed by atoms with Crippen LogP contribution >= 0.6 is 23.2 Å². The van der Waals surface area contributed by atoms with E-state index in [1.165, 1.54) is 0 Å². The lowest BCUT2D eigenvalue weighted by molar-refractivity contribution is 1.33. The Morgan fingerprint density at radius 3 is 2.69 bits per heavy atom. The molecule has 0 aliphatic rings. The molecular weight excluding hydrogens is 245 g/mol. The summed E-state index contributed by atoms with van der Waals surface area (Å²) in [5.74, 6) is 0. The molecule has 0 amide bonds. The number of nitrogens with zero attached hydrogens (tertiary/aromatic N) is 1. The van der Waals surface area contributed by atoms with Crippen LogP contribution in [0.1, 0.15) is 0 Å². The highest BCUT2D eigenvalue weighted by Gasteiger charge is 2.05. The number of nitrogen functional groups attached to an aromatic ring is 1. The van der Waals surface area contributed by atoms with E-state index in [0.29, 0.717) is 21.4 Å².